The van der Waals surface area contributed by atoms with Crippen LogP contribution >= 0.6 is 11.6 Å². The molecule has 8 heteroatoms. The highest BCUT2D eigenvalue weighted by Crippen LogP contribution is 2.28. The summed E-state index contributed by atoms with van der Waals surface area (Å²) in [6.45, 7) is 3.71. The molecule has 3 rings (SSSR count). The average molecular weight is 387 g/mol. The van der Waals surface area contributed by atoms with E-state index in [0.717, 1.165) is 0 Å². The van der Waals surface area contributed by atoms with Crippen molar-refractivity contribution in [3.63, 3.8) is 0 Å². The van der Waals surface area contributed by atoms with E-state index in [1.807, 2.05) is 13.8 Å². The fourth-order valence-corrected chi connectivity index (χ4v) is 2.82. The molecule has 0 spiro atoms. The van der Waals surface area contributed by atoms with Crippen LogP contribution < -0.4 is 15.4 Å². The molecule has 0 saturated carbocycles. The lowest BCUT2D eigenvalue weighted by Crippen LogP contribution is -2.31. The summed E-state index contributed by atoms with van der Waals surface area (Å²) in [4.78, 5) is 29.6. The van der Waals surface area contributed by atoms with Crippen molar-refractivity contribution >= 4 is 34.6 Å². The number of nitrogens with zero attached hydrogens (tertiary/aromatic N) is 2. The maximum absolute atomic E-state index is 12.8. The fraction of sp³-hybridized carbons (Fsp3) is 0.211. The van der Waals surface area contributed by atoms with E-state index in [4.69, 9.17) is 16.3 Å². The van der Waals surface area contributed by atoms with Crippen molar-refractivity contribution in [3.05, 3.63) is 59.1 Å². The number of carbonyl (C=O) groups is 2. The Bertz CT molecular complexity index is 1010. The molecule has 2 aromatic heterocycles. The molecule has 2 N–H and O–H groups in total. The average Bonchev–Trinajstić information content (AvgIpc) is 3.01. The number of ether oxygens (including phenoxy) is 1. The van der Waals surface area contributed by atoms with Gasteiger partial charge in [-0.15, -0.1) is 0 Å². The second kappa shape index (κ2) is 7.67. The number of aromatic nitrogens is 2. The van der Waals surface area contributed by atoms with E-state index < -0.39 is 5.91 Å². The van der Waals surface area contributed by atoms with Gasteiger partial charge in [-0.3, -0.25) is 14.0 Å². The molecule has 3 aromatic rings. The number of benzene rings is 1. The van der Waals surface area contributed by atoms with Gasteiger partial charge in [0.2, 0.25) is 5.82 Å². The van der Waals surface area contributed by atoms with Gasteiger partial charge in [0.15, 0.2) is 5.69 Å². The molecular formula is C19H19ClN4O3. The Morgan fingerprint density at radius 2 is 1.96 bits per heavy atom. The number of amides is 2. The maximum Gasteiger partial charge on any atom is 0.287 e. The van der Waals surface area contributed by atoms with Crippen LogP contribution in [0, 0.1) is 0 Å². The predicted molar refractivity (Wildman–Crippen MR) is 104 cm³/mol. The van der Waals surface area contributed by atoms with E-state index in [1.165, 1.54) is 7.11 Å². The number of halogens is 1. The van der Waals surface area contributed by atoms with Gasteiger partial charge in [-0.2, -0.15) is 0 Å². The molecule has 2 heterocycles. The number of nitrogens with one attached hydrogen (secondary N) is 2. The van der Waals surface area contributed by atoms with Crippen molar-refractivity contribution in [1.82, 2.24) is 14.7 Å². The molecule has 0 bridgehead atoms. The lowest BCUT2D eigenvalue weighted by Gasteiger charge is -2.09. The summed E-state index contributed by atoms with van der Waals surface area (Å²) in [5.41, 5.74) is 1.07. The summed E-state index contributed by atoms with van der Waals surface area (Å²) in [5, 5.41) is 5.99. The van der Waals surface area contributed by atoms with Gasteiger partial charge in [0.25, 0.3) is 11.8 Å². The number of hydrogen-bond acceptors (Lipinski definition) is 4. The number of imidazole rings is 1. The molecule has 7 nitrogen and oxygen atoms in total. The highest BCUT2D eigenvalue weighted by molar-refractivity contribution is 6.31. The van der Waals surface area contributed by atoms with Crippen LogP contribution in [0.1, 0.15) is 35.0 Å². The zero-order valence-electron chi connectivity index (χ0n) is 15.1. The van der Waals surface area contributed by atoms with Crippen molar-refractivity contribution in [3.8, 4) is 5.75 Å². The summed E-state index contributed by atoms with van der Waals surface area (Å²) in [6, 6.07) is 10.1. The first kappa shape index (κ1) is 18.7. The SMILES string of the molecule is COc1ccc(Cl)cc1NC(=O)c1nc(C(=O)NC(C)C)n2ccccc12. The maximum atomic E-state index is 12.8. The van der Waals surface area contributed by atoms with Crippen LogP contribution in [0.5, 0.6) is 5.75 Å². The number of carbonyl (C=O) groups excluding carboxylic acids is 2. The second-order valence-electron chi connectivity index (χ2n) is 6.17. The topological polar surface area (TPSA) is 84.7 Å². The molecule has 27 heavy (non-hydrogen) atoms. The lowest BCUT2D eigenvalue weighted by atomic mass is 10.2. The summed E-state index contributed by atoms with van der Waals surface area (Å²) >= 11 is 6.01. The van der Waals surface area contributed by atoms with Crippen LogP contribution in [0.25, 0.3) is 5.52 Å². The molecule has 1 aromatic carbocycles. The minimum Gasteiger partial charge on any atom is -0.495 e. The molecule has 0 atom stereocenters. The quantitative estimate of drug-likeness (QED) is 0.704. The number of hydrogen-bond donors (Lipinski definition) is 2. The summed E-state index contributed by atoms with van der Waals surface area (Å²) in [7, 11) is 1.50. The number of anilines is 1. The van der Waals surface area contributed by atoms with Gasteiger partial charge < -0.3 is 15.4 Å². The largest absolute Gasteiger partial charge is 0.495 e. The molecular weight excluding hydrogens is 368 g/mol. The number of pyridine rings is 1. The van der Waals surface area contributed by atoms with E-state index in [-0.39, 0.29) is 23.5 Å². The molecule has 0 aliphatic heterocycles. The minimum absolute atomic E-state index is 0.0541. The van der Waals surface area contributed by atoms with Crippen molar-refractivity contribution in [1.29, 1.82) is 0 Å². The Morgan fingerprint density at radius 3 is 2.67 bits per heavy atom. The highest BCUT2D eigenvalue weighted by Gasteiger charge is 2.22. The fourth-order valence-electron chi connectivity index (χ4n) is 2.65. The van der Waals surface area contributed by atoms with E-state index in [1.54, 1.807) is 47.0 Å². The Morgan fingerprint density at radius 1 is 1.19 bits per heavy atom. The number of rotatable bonds is 5. The molecule has 0 radical (unpaired) electrons. The van der Waals surface area contributed by atoms with Gasteiger partial charge in [-0.25, -0.2) is 4.98 Å². The monoisotopic (exact) mass is 386 g/mol. The molecule has 0 saturated heterocycles. The third-order valence-corrected chi connectivity index (χ3v) is 4.03. The van der Waals surface area contributed by atoms with Crippen molar-refractivity contribution in [2.75, 3.05) is 12.4 Å². The summed E-state index contributed by atoms with van der Waals surface area (Å²) in [5.74, 6) is -0.218. The molecule has 0 aliphatic carbocycles. The molecule has 0 unspecified atom stereocenters. The first-order valence-electron chi connectivity index (χ1n) is 8.33. The van der Waals surface area contributed by atoms with Crippen LogP contribution in [0.2, 0.25) is 5.02 Å². The zero-order valence-corrected chi connectivity index (χ0v) is 15.9. The normalized spacial score (nSPS) is 10.9. The number of fused-ring (bicyclic) bond motifs is 1. The molecule has 140 valence electrons. The Kier molecular flexibility index (Phi) is 5.32. The van der Waals surface area contributed by atoms with E-state index >= 15 is 0 Å². The van der Waals surface area contributed by atoms with Gasteiger partial charge in [-0.05, 0) is 44.2 Å². The van der Waals surface area contributed by atoms with E-state index in [0.29, 0.717) is 22.0 Å². The first-order valence-corrected chi connectivity index (χ1v) is 8.71. The van der Waals surface area contributed by atoms with E-state index in [9.17, 15) is 9.59 Å². The van der Waals surface area contributed by atoms with Gasteiger partial charge in [-0.1, -0.05) is 17.7 Å². The second-order valence-corrected chi connectivity index (χ2v) is 6.60. The van der Waals surface area contributed by atoms with Crippen LogP contribution in [-0.4, -0.2) is 34.4 Å². The molecule has 2 amide bonds. The third kappa shape index (κ3) is 3.88. The van der Waals surface area contributed by atoms with Crippen molar-refractivity contribution < 1.29 is 14.3 Å². The number of methoxy groups -OCH3 is 1. The van der Waals surface area contributed by atoms with Gasteiger partial charge >= 0.3 is 0 Å². The third-order valence-electron chi connectivity index (χ3n) is 3.80. The lowest BCUT2D eigenvalue weighted by molar-refractivity contribution is 0.0932. The summed E-state index contributed by atoms with van der Waals surface area (Å²) in [6.07, 6.45) is 1.69. The first-order chi connectivity index (χ1) is 12.9. The molecule has 0 fully saturated rings. The van der Waals surface area contributed by atoms with Gasteiger partial charge in [0.05, 0.1) is 18.3 Å². The van der Waals surface area contributed by atoms with Crippen LogP contribution in [0.15, 0.2) is 42.6 Å². The Balaban J connectivity index is 2.01. The van der Waals surface area contributed by atoms with E-state index in [2.05, 4.69) is 15.6 Å². The minimum atomic E-state index is -0.470. The molecule has 0 aliphatic rings. The van der Waals surface area contributed by atoms with Crippen molar-refractivity contribution in [2.45, 2.75) is 19.9 Å². The summed E-state index contributed by atoms with van der Waals surface area (Å²) < 4.78 is 6.83. The Labute approximate surface area is 161 Å². The highest BCUT2D eigenvalue weighted by atomic mass is 35.5. The zero-order chi connectivity index (χ0) is 19.6. The predicted octanol–water partition coefficient (Wildman–Crippen LogP) is 3.39. The van der Waals surface area contributed by atoms with Crippen molar-refractivity contribution in [2.24, 2.45) is 0 Å². The van der Waals surface area contributed by atoms with Gasteiger partial charge in [0, 0.05) is 17.3 Å². The van der Waals surface area contributed by atoms with Gasteiger partial charge in [0.1, 0.15) is 5.75 Å². The van der Waals surface area contributed by atoms with Crippen LogP contribution in [-0.2, 0) is 0 Å². The van der Waals surface area contributed by atoms with Crippen LogP contribution in [0.3, 0.4) is 0 Å². The smallest absolute Gasteiger partial charge is 0.287 e. The standard InChI is InChI=1S/C19H19ClN4O3/c1-11(2)21-19(26)17-23-16(14-6-4-5-9-24(14)17)18(25)22-13-10-12(20)7-8-15(13)27-3/h4-11H,1-3H3,(H,21,26)(H,22,25). The van der Waals surface area contributed by atoms with Crippen LogP contribution in [0.4, 0.5) is 5.69 Å². The Hall–Kier alpha value is -3.06.